The molecule has 0 heterocycles. The molecule has 2 N–H and O–H groups in total. The fourth-order valence-corrected chi connectivity index (χ4v) is 4.80. The van der Waals surface area contributed by atoms with Crippen molar-refractivity contribution in [1.82, 2.24) is 10.6 Å². The third kappa shape index (κ3) is 5.17. The summed E-state index contributed by atoms with van der Waals surface area (Å²) < 4.78 is 0. The van der Waals surface area contributed by atoms with E-state index in [1.165, 1.54) is 38.5 Å². The molecule has 0 aromatic heterocycles. The van der Waals surface area contributed by atoms with Crippen molar-refractivity contribution < 1.29 is 4.79 Å². The van der Waals surface area contributed by atoms with Crippen molar-refractivity contribution in [1.29, 1.82) is 0 Å². The Hall–Kier alpha value is -0.220. The summed E-state index contributed by atoms with van der Waals surface area (Å²) in [5.74, 6) is 0.483. The zero-order valence-corrected chi connectivity index (χ0v) is 14.7. The lowest BCUT2D eigenvalue weighted by Crippen LogP contribution is -2.49. The number of hydrogen-bond acceptors (Lipinski definition) is 3. The molecule has 0 radical (unpaired) electrons. The third-order valence-corrected chi connectivity index (χ3v) is 6.10. The maximum Gasteiger partial charge on any atom is 0.223 e. The quantitative estimate of drug-likeness (QED) is 0.818. The molecule has 2 saturated carbocycles. The number of carbonyl (C=O) groups is 1. The summed E-state index contributed by atoms with van der Waals surface area (Å²) in [6.07, 6.45) is 12.2. The number of amides is 1. The second kappa shape index (κ2) is 8.42. The SMILES string of the molecule is CS[C@@H]1CCCC[C@@H]1N[C@@H]1CCC[C@H](C(=O)NC(C)C)C1. The van der Waals surface area contributed by atoms with E-state index < -0.39 is 0 Å². The molecular formula is C17H32N2OS. The van der Waals surface area contributed by atoms with E-state index in [1.807, 2.05) is 25.6 Å². The van der Waals surface area contributed by atoms with Gasteiger partial charge in [-0.2, -0.15) is 11.8 Å². The molecule has 0 bridgehead atoms. The van der Waals surface area contributed by atoms with E-state index in [9.17, 15) is 4.79 Å². The highest BCUT2D eigenvalue weighted by atomic mass is 32.2. The summed E-state index contributed by atoms with van der Waals surface area (Å²) in [6.45, 7) is 4.09. The Morgan fingerprint density at radius 3 is 2.57 bits per heavy atom. The van der Waals surface area contributed by atoms with Crippen LogP contribution in [-0.2, 0) is 4.79 Å². The normalized spacial score (nSPS) is 33.9. The molecule has 0 spiro atoms. The number of nitrogens with one attached hydrogen (secondary N) is 2. The van der Waals surface area contributed by atoms with Crippen LogP contribution < -0.4 is 10.6 Å². The summed E-state index contributed by atoms with van der Waals surface area (Å²) in [5, 5.41) is 7.75. The van der Waals surface area contributed by atoms with Gasteiger partial charge in [0.1, 0.15) is 0 Å². The van der Waals surface area contributed by atoms with Gasteiger partial charge in [0.05, 0.1) is 0 Å². The summed E-state index contributed by atoms with van der Waals surface area (Å²) in [6, 6.07) is 1.45. The Bertz CT molecular complexity index is 335. The van der Waals surface area contributed by atoms with Crippen molar-refractivity contribution in [2.75, 3.05) is 6.26 Å². The minimum absolute atomic E-state index is 0.218. The van der Waals surface area contributed by atoms with Crippen LogP contribution in [0.4, 0.5) is 0 Å². The molecule has 4 atom stereocenters. The zero-order valence-electron chi connectivity index (χ0n) is 13.9. The van der Waals surface area contributed by atoms with E-state index in [4.69, 9.17) is 0 Å². The van der Waals surface area contributed by atoms with Gasteiger partial charge in [-0.3, -0.25) is 4.79 Å². The Kier molecular flexibility index (Phi) is 6.87. The van der Waals surface area contributed by atoms with Gasteiger partial charge in [0.2, 0.25) is 5.91 Å². The molecule has 0 aromatic rings. The van der Waals surface area contributed by atoms with E-state index in [0.29, 0.717) is 12.1 Å². The second-order valence-electron chi connectivity index (χ2n) is 7.06. The van der Waals surface area contributed by atoms with E-state index in [1.54, 1.807) is 0 Å². The summed E-state index contributed by atoms with van der Waals surface area (Å²) in [5.41, 5.74) is 0. The maximum atomic E-state index is 12.2. The molecule has 1 amide bonds. The molecule has 21 heavy (non-hydrogen) atoms. The maximum absolute atomic E-state index is 12.2. The predicted octanol–water partition coefficient (Wildman–Crippen LogP) is 3.33. The van der Waals surface area contributed by atoms with Gasteiger partial charge in [0.25, 0.3) is 0 Å². The van der Waals surface area contributed by atoms with Gasteiger partial charge in [0.15, 0.2) is 0 Å². The fraction of sp³-hybridized carbons (Fsp3) is 0.941. The van der Waals surface area contributed by atoms with Crippen LogP contribution >= 0.6 is 11.8 Å². The van der Waals surface area contributed by atoms with Crippen molar-refractivity contribution in [3.8, 4) is 0 Å². The van der Waals surface area contributed by atoms with E-state index >= 15 is 0 Å². The monoisotopic (exact) mass is 312 g/mol. The highest BCUT2D eigenvalue weighted by Gasteiger charge is 2.31. The highest BCUT2D eigenvalue weighted by molar-refractivity contribution is 7.99. The summed E-state index contributed by atoms with van der Waals surface area (Å²) in [4.78, 5) is 12.2. The minimum atomic E-state index is 0.218. The van der Waals surface area contributed by atoms with Gasteiger partial charge < -0.3 is 10.6 Å². The molecular weight excluding hydrogens is 280 g/mol. The lowest BCUT2D eigenvalue weighted by molar-refractivity contribution is -0.126. The number of rotatable bonds is 5. The van der Waals surface area contributed by atoms with Gasteiger partial charge in [-0.05, 0) is 52.2 Å². The van der Waals surface area contributed by atoms with Crippen LogP contribution in [0.3, 0.4) is 0 Å². The predicted molar refractivity (Wildman–Crippen MR) is 91.7 cm³/mol. The Labute approximate surface area is 134 Å². The lowest BCUT2D eigenvalue weighted by Gasteiger charge is -2.37. The van der Waals surface area contributed by atoms with Crippen LogP contribution in [0.25, 0.3) is 0 Å². The van der Waals surface area contributed by atoms with Crippen molar-refractivity contribution in [3.63, 3.8) is 0 Å². The molecule has 122 valence electrons. The molecule has 0 aliphatic heterocycles. The molecule has 4 heteroatoms. The van der Waals surface area contributed by atoms with Crippen LogP contribution in [0.1, 0.15) is 65.2 Å². The molecule has 0 aromatic carbocycles. The van der Waals surface area contributed by atoms with Gasteiger partial charge in [-0.1, -0.05) is 19.3 Å². The standard InChI is InChI=1S/C17H32N2OS/c1-12(2)18-17(20)13-7-6-8-14(11-13)19-15-9-4-5-10-16(15)21-3/h12-16,19H,4-11H2,1-3H3,(H,18,20)/t13-,14+,15-,16+/m0/s1. The zero-order chi connectivity index (χ0) is 15.2. The number of carbonyl (C=O) groups excluding carboxylic acids is 1. The van der Waals surface area contributed by atoms with Crippen LogP contribution in [0, 0.1) is 5.92 Å². The van der Waals surface area contributed by atoms with Crippen molar-refractivity contribution in [2.45, 2.75) is 88.6 Å². The van der Waals surface area contributed by atoms with Crippen LogP contribution in [-0.4, -0.2) is 35.5 Å². The molecule has 2 aliphatic carbocycles. The Morgan fingerprint density at radius 2 is 1.86 bits per heavy atom. The average molecular weight is 313 g/mol. The lowest BCUT2D eigenvalue weighted by atomic mass is 9.83. The smallest absolute Gasteiger partial charge is 0.223 e. The summed E-state index contributed by atoms with van der Waals surface area (Å²) >= 11 is 2.02. The van der Waals surface area contributed by atoms with Gasteiger partial charge in [0, 0.05) is 29.3 Å². The Morgan fingerprint density at radius 1 is 1.10 bits per heavy atom. The first-order valence-corrected chi connectivity index (χ1v) is 9.98. The molecule has 0 saturated heterocycles. The molecule has 2 fully saturated rings. The molecule has 2 aliphatic rings. The van der Waals surface area contributed by atoms with Crippen molar-refractivity contribution in [2.24, 2.45) is 5.92 Å². The Balaban J connectivity index is 1.84. The molecule has 0 unspecified atom stereocenters. The van der Waals surface area contributed by atoms with Crippen LogP contribution in [0.5, 0.6) is 0 Å². The largest absolute Gasteiger partial charge is 0.354 e. The van der Waals surface area contributed by atoms with E-state index in [-0.39, 0.29) is 17.9 Å². The highest BCUT2D eigenvalue weighted by Crippen LogP contribution is 2.30. The van der Waals surface area contributed by atoms with Gasteiger partial charge in [-0.15, -0.1) is 0 Å². The van der Waals surface area contributed by atoms with Crippen molar-refractivity contribution in [3.05, 3.63) is 0 Å². The third-order valence-electron chi connectivity index (χ3n) is 4.93. The first kappa shape index (κ1) is 17.1. The fourth-order valence-electron chi connectivity index (χ4n) is 3.85. The van der Waals surface area contributed by atoms with E-state index in [0.717, 1.165) is 18.1 Å². The summed E-state index contributed by atoms with van der Waals surface area (Å²) in [7, 11) is 0. The van der Waals surface area contributed by atoms with Gasteiger partial charge >= 0.3 is 0 Å². The van der Waals surface area contributed by atoms with Gasteiger partial charge in [-0.25, -0.2) is 0 Å². The minimum Gasteiger partial charge on any atom is -0.354 e. The topological polar surface area (TPSA) is 41.1 Å². The number of thioether (sulfide) groups is 1. The number of hydrogen-bond donors (Lipinski definition) is 2. The van der Waals surface area contributed by atoms with Crippen LogP contribution in [0.2, 0.25) is 0 Å². The van der Waals surface area contributed by atoms with Crippen molar-refractivity contribution >= 4 is 17.7 Å². The molecule has 3 nitrogen and oxygen atoms in total. The van der Waals surface area contributed by atoms with Crippen LogP contribution in [0.15, 0.2) is 0 Å². The first-order valence-electron chi connectivity index (χ1n) is 8.69. The second-order valence-corrected chi connectivity index (χ2v) is 8.13. The average Bonchev–Trinajstić information content (AvgIpc) is 2.47. The first-order chi connectivity index (χ1) is 10.1. The molecule has 2 rings (SSSR count). The van der Waals surface area contributed by atoms with E-state index in [2.05, 4.69) is 16.9 Å².